The first-order valence-corrected chi connectivity index (χ1v) is 5.96. The molecular weight excluding hydrogens is 290 g/mol. The predicted octanol–water partition coefficient (Wildman–Crippen LogP) is 0.0643. The van der Waals surface area contributed by atoms with Crippen molar-refractivity contribution in [1.29, 1.82) is 0 Å². The Kier molecular flexibility index (Phi) is 3.93. The summed E-state index contributed by atoms with van der Waals surface area (Å²) in [7, 11) is 0. The van der Waals surface area contributed by atoms with Crippen LogP contribution in [0.25, 0.3) is 0 Å². The van der Waals surface area contributed by atoms with E-state index in [1.165, 1.54) is 6.20 Å². The van der Waals surface area contributed by atoms with Crippen LogP contribution >= 0.6 is 15.9 Å². The molecule has 1 aliphatic heterocycles. The lowest BCUT2D eigenvalue weighted by Crippen LogP contribution is -2.49. The van der Waals surface area contributed by atoms with Crippen LogP contribution in [-0.2, 0) is 9.53 Å². The number of rotatable bonds is 2. The number of morpholine rings is 1. The van der Waals surface area contributed by atoms with Crippen LogP contribution in [0.5, 0.6) is 0 Å². The number of ether oxygens (including phenoxy) is 1. The van der Waals surface area contributed by atoms with Gasteiger partial charge in [-0.05, 0) is 22.0 Å². The van der Waals surface area contributed by atoms with Crippen LogP contribution < -0.4 is 16.2 Å². The van der Waals surface area contributed by atoms with E-state index < -0.39 is 6.04 Å². The smallest absolute Gasteiger partial charge is 0.271 e. The second-order valence-corrected chi connectivity index (χ2v) is 4.55. The van der Waals surface area contributed by atoms with E-state index in [1.54, 1.807) is 6.07 Å². The molecule has 6 nitrogen and oxygen atoms in total. The molecule has 7 heteroatoms. The molecule has 0 bridgehead atoms. The molecule has 2 heterocycles. The van der Waals surface area contributed by atoms with Gasteiger partial charge in [-0.25, -0.2) is 0 Å². The number of hydrogen-bond donors (Lipinski definition) is 3. The van der Waals surface area contributed by atoms with Gasteiger partial charge < -0.3 is 20.4 Å². The zero-order valence-electron chi connectivity index (χ0n) is 8.96. The summed E-state index contributed by atoms with van der Waals surface area (Å²) >= 11 is 3.22. The number of nitrogens with one attached hydrogen (secondary N) is 3. The van der Waals surface area contributed by atoms with Crippen molar-refractivity contribution in [3.8, 4) is 0 Å². The standard InChI is InChI=1S/C10H12BrN3O3/c11-6-3-7(9(15)13-4-6)14-10(16)8-5-17-2-1-12-8/h3-4,8,12H,1-2,5H2,(H,13,15)(H,14,16)/t8-/m1/s1. The number of halogens is 1. The molecule has 0 aliphatic carbocycles. The summed E-state index contributed by atoms with van der Waals surface area (Å²) in [5.74, 6) is -0.270. The van der Waals surface area contributed by atoms with Crippen molar-refractivity contribution in [2.75, 3.05) is 25.1 Å². The first-order valence-electron chi connectivity index (χ1n) is 5.17. The van der Waals surface area contributed by atoms with E-state index in [-0.39, 0.29) is 17.2 Å². The number of amides is 1. The molecule has 1 aromatic heterocycles. The number of pyridine rings is 1. The Bertz CT molecular complexity index is 468. The molecule has 0 spiro atoms. The van der Waals surface area contributed by atoms with Crippen LogP contribution in [0.1, 0.15) is 0 Å². The predicted molar refractivity (Wildman–Crippen MR) is 66.0 cm³/mol. The van der Waals surface area contributed by atoms with Gasteiger partial charge in [0.2, 0.25) is 5.91 Å². The average Bonchev–Trinajstić information content (AvgIpc) is 2.35. The second kappa shape index (κ2) is 5.44. The number of carbonyl (C=O) groups is 1. The number of anilines is 1. The molecule has 17 heavy (non-hydrogen) atoms. The summed E-state index contributed by atoms with van der Waals surface area (Å²) in [6.45, 7) is 1.55. The van der Waals surface area contributed by atoms with Gasteiger partial charge in [0.25, 0.3) is 5.56 Å². The minimum Gasteiger partial charge on any atom is -0.378 e. The molecule has 1 aliphatic rings. The Labute approximate surface area is 106 Å². The van der Waals surface area contributed by atoms with Crippen LogP contribution in [0, 0.1) is 0 Å². The fourth-order valence-electron chi connectivity index (χ4n) is 1.50. The molecule has 3 N–H and O–H groups in total. The topological polar surface area (TPSA) is 83.2 Å². The van der Waals surface area contributed by atoms with E-state index in [2.05, 4.69) is 31.5 Å². The van der Waals surface area contributed by atoms with Crippen LogP contribution in [-0.4, -0.2) is 36.7 Å². The van der Waals surface area contributed by atoms with E-state index in [0.717, 1.165) is 0 Å². The van der Waals surface area contributed by atoms with E-state index in [0.29, 0.717) is 24.2 Å². The van der Waals surface area contributed by atoms with Crippen LogP contribution in [0.15, 0.2) is 21.5 Å². The molecule has 1 fully saturated rings. The summed E-state index contributed by atoms with van der Waals surface area (Å²) < 4.78 is 5.87. The zero-order valence-corrected chi connectivity index (χ0v) is 10.5. The van der Waals surface area contributed by atoms with Gasteiger partial charge in [-0.1, -0.05) is 0 Å². The highest BCUT2D eigenvalue weighted by atomic mass is 79.9. The number of aromatic amines is 1. The van der Waals surface area contributed by atoms with Gasteiger partial charge in [-0.15, -0.1) is 0 Å². The Morgan fingerprint density at radius 2 is 2.41 bits per heavy atom. The molecule has 2 rings (SSSR count). The normalized spacial score (nSPS) is 19.9. The lowest BCUT2D eigenvalue weighted by atomic mass is 10.2. The lowest BCUT2D eigenvalue weighted by Gasteiger charge is -2.22. The molecule has 1 amide bonds. The summed E-state index contributed by atoms with van der Waals surface area (Å²) in [4.78, 5) is 25.8. The average molecular weight is 302 g/mol. The summed E-state index contributed by atoms with van der Waals surface area (Å²) in [6, 6.07) is 1.14. The Hall–Kier alpha value is -1.18. The summed E-state index contributed by atoms with van der Waals surface area (Å²) in [5.41, 5.74) is -0.116. The van der Waals surface area contributed by atoms with Crippen molar-refractivity contribution in [3.05, 3.63) is 27.1 Å². The number of carbonyl (C=O) groups excluding carboxylic acids is 1. The molecule has 1 atom stereocenters. The highest BCUT2D eigenvalue weighted by molar-refractivity contribution is 9.10. The van der Waals surface area contributed by atoms with Crippen molar-refractivity contribution in [1.82, 2.24) is 10.3 Å². The molecule has 1 saturated heterocycles. The maximum Gasteiger partial charge on any atom is 0.271 e. The molecular formula is C10H12BrN3O3. The summed E-state index contributed by atoms with van der Waals surface area (Å²) in [6.07, 6.45) is 1.51. The summed E-state index contributed by atoms with van der Waals surface area (Å²) in [5, 5.41) is 5.58. The highest BCUT2D eigenvalue weighted by Gasteiger charge is 2.21. The van der Waals surface area contributed by atoms with Gasteiger partial charge in [-0.3, -0.25) is 9.59 Å². The molecule has 0 unspecified atom stereocenters. The lowest BCUT2D eigenvalue weighted by molar-refractivity contribution is -0.120. The Balaban J connectivity index is 2.07. The quantitative estimate of drug-likeness (QED) is 0.721. The molecule has 0 radical (unpaired) electrons. The van der Waals surface area contributed by atoms with Crippen LogP contribution in [0.4, 0.5) is 5.69 Å². The largest absolute Gasteiger partial charge is 0.378 e. The van der Waals surface area contributed by atoms with Gasteiger partial charge >= 0.3 is 0 Å². The zero-order chi connectivity index (χ0) is 12.3. The van der Waals surface area contributed by atoms with Crippen LogP contribution in [0.3, 0.4) is 0 Å². The van der Waals surface area contributed by atoms with Crippen molar-refractivity contribution in [3.63, 3.8) is 0 Å². The minimum absolute atomic E-state index is 0.219. The van der Waals surface area contributed by atoms with Gasteiger partial charge in [0.15, 0.2) is 0 Å². The SMILES string of the molecule is O=C(Nc1cc(Br)c[nH]c1=O)[C@H]1COCCN1. The number of hydrogen-bond acceptors (Lipinski definition) is 4. The first kappa shape index (κ1) is 12.3. The minimum atomic E-state index is -0.415. The second-order valence-electron chi connectivity index (χ2n) is 3.63. The fraction of sp³-hybridized carbons (Fsp3) is 0.400. The van der Waals surface area contributed by atoms with Crippen molar-refractivity contribution < 1.29 is 9.53 Å². The molecule has 92 valence electrons. The fourth-order valence-corrected chi connectivity index (χ4v) is 1.85. The van der Waals surface area contributed by atoms with Gasteiger partial charge in [0.05, 0.1) is 13.2 Å². The van der Waals surface area contributed by atoms with Gasteiger partial charge in [-0.2, -0.15) is 0 Å². The Morgan fingerprint density at radius 3 is 3.12 bits per heavy atom. The van der Waals surface area contributed by atoms with Crippen molar-refractivity contribution in [2.45, 2.75) is 6.04 Å². The van der Waals surface area contributed by atoms with Crippen molar-refractivity contribution in [2.24, 2.45) is 0 Å². The third-order valence-corrected chi connectivity index (χ3v) is 2.82. The maximum absolute atomic E-state index is 11.8. The highest BCUT2D eigenvalue weighted by Crippen LogP contribution is 2.10. The third kappa shape index (κ3) is 3.15. The van der Waals surface area contributed by atoms with Gasteiger partial charge in [0, 0.05) is 17.2 Å². The van der Waals surface area contributed by atoms with E-state index in [4.69, 9.17) is 4.74 Å². The first-order chi connectivity index (χ1) is 8.16. The monoisotopic (exact) mass is 301 g/mol. The van der Waals surface area contributed by atoms with Crippen LogP contribution in [0.2, 0.25) is 0 Å². The molecule has 0 aromatic carbocycles. The third-order valence-electron chi connectivity index (χ3n) is 2.36. The maximum atomic E-state index is 11.8. The van der Waals surface area contributed by atoms with E-state index in [9.17, 15) is 9.59 Å². The molecule has 0 saturated carbocycles. The van der Waals surface area contributed by atoms with Gasteiger partial charge in [0.1, 0.15) is 11.7 Å². The van der Waals surface area contributed by atoms with E-state index in [1.807, 2.05) is 0 Å². The number of aromatic nitrogens is 1. The molecule has 1 aromatic rings. The van der Waals surface area contributed by atoms with E-state index >= 15 is 0 Å². The Morgan fingerprint density at radius 1 is 1.59 bits per heavy atom. The number of H-pyrrole nitrogens is 1. The van der Waals surface area contributed by atoms with Crippen molar-refractivity contribution >= 4 is 27.5 Å².